The van der Waals surface area contributed by atoms with Gasteiger partial charge in [0.25, 0.3) is 0 Å². The van der Waals surface area contributed by atoms with E-state index in [0.29, 0.717) is 12.8 Å². The number of benzene rings is 1. The standard InChI is InChI=1S/C17H17N3O2/c1-19-14-7-6-12(9-11(14)5-8-16(19)22)20-10-18-13-3-2-4-15(21)17(13)20/h6-7,9-10H,2-5,8H2,1H3. The van der Waals surface area contributed by atoms with Crippen LogP contribution in [-0.4, -0.2) is 28.3 Å². The third kappa shape index (κ3) is 1.89. The second kappa shape index (κ2) is 4.80. The third-order valence-electron chi connectivity index (χ3n) is 4.61. The summed E-state index contributed by atoms with van der Waals surface area (Å²) in [6, 6.07) is 5.99. The third-order valence-corrected chi connectivity index (χ3v) is 4.61. The van der Waals surface area contributed by atoms with Gasteiger partial charge in [0.05, 0.1) is 5.69 Å². The molecule has 1 aliphatic heterocycles. The SMILES string of the molecule is CN1C(=O)CCc2cc(-n3cnc4c3C(=O)CCC4)ccc21. The van der Waals surface area contributed by atoms with Gasteiger partial charge in [0, 0.05) is 31.3 Å². The molecular weight excluding hydrogens is 278 g/mol. The Morgan fingerprint density at radius 1 is 1.09 bits per heavy atom. The average Bonchev–Trinajstić information content (AvgIpc) is 2.96. The van der Waals surface area contributed by atoms with Gasteiger partial charge in [-0.3, -0.25) is 14.2 Å². The fourth-order valence-electron chi connectivity index (χ4n) is 3.39. The van der Waals surface area contributed by atoms with Crippen molar-refractivity contribution in [2.45, 2.75) is 32.1 Å². The van der Waals surface area contributed by atoms with E-state index in [9.17, 15) is 9.59 Å². The highest BCUT2D eigenvalue weighted by atomic mass is 16.2. The lowest BCUT2D eigenvalue weighted by atomic mass is 9.98. The Labute approximate surface area is 128 Å². The van der Waals surface area contributed by atoms with Crippen molar-refractivity contribution in [1.82, 2.24) is 9.55 Å². The Morgan fingerprint density at radius 3 is 2.82 bits per heavy atom. The number of hydrogen-bond donors (Lipinski definition) is 0. The molecule has 0 unspecified atom stereocenters. The van der Waals surface area contributed by atoms with Crippen LogP contribution in [0.3, 0.4) is 0 Å². The first kappa shape index (κ1) is 13.2. The molecule has 0 atom stereocenters. The highest BCUT2D eigenvalue weighted by Crippen LogP contribution is 2.30. The molecule has 1 amide bonds. The number of fused-ring (bicyclic) bond motifs is 2. The molecule has 4 rings (SSSR count). The summed E-state index contributed by atoms with van der Waals surface area (Å²) in [6.07, 6.45) is 5.38. The Kier molecular flexibility index (Phi) is 2.89. The van der Waals surface area contributed by atoms with E-state index in [-0.39, 0.29) is 11.7 Å². The Bertz CT molecular complexity index is 791. The van der Waals surface area contributed by atoms with E-state index in [1.165, 1.54) is 0 Å². The van der Waals surface area contributed by atoms with Gasteiger partial charge in [0.1, 0.15) is 12.0 Å². The lowest BCUT2D eigenvalue weighted by molar-refractivity contribution is -0.118. The van der Waals surface area contributed by atoms with Crippen molar-refractivity contribution in [2.75, 3.05) is 11.9 Å². The normalized spacial score (nSPS) is 17.4. The summed E-state index contributed by atoms with van der Waals surface area (Å²) in [5.41, 5.74) is 4.68. The fraction of sp³-hybridized carbons (Fsp3) is 0.353. The van der Waals surface area contributed by atoms with Gasteiger partial charge in [-0.1, -0.05) is 0 Å². The number of ketones is 1. The first-order valence-electron chi connectivity index (χ1n) is 7.64. The lowest BCUT2D eigenvalue weighted by Crippen LogP contribution is -2.31. The summed E-state index contributed by atoms with van der Waals surface area (Å²) in [5, 5.41) is 0. The van der Waals surface area contributed by atoms with Crippen molar-refractivity contribution in [3.05, 3.63) is 41.5 Å². The minimum atomic E-state index is 0.149. The first-order chi connectivity index (χ1) is 10.6. The molecule has 0 saturated carbocycles. The molecule has 1 aromatic heterocycles. The number of aryl methyl sites for hydroxylation is 2. The maximum Gasteiger partial charge on any atom is 0.227 e. The van der Waals surface area contributed by atoms with Crippen LogP contribution in [0.2, 0.25) is 0 Å². The summed E-state index contributed by atoms with van der Waals surface area (Å²) in [5.74, 6) is 0.319. The van der Waals surface area contributed by atoms with E-state index in [1.54, 1.807) is 11.2 Å². The molecule has 2 heterocycles. The number of Topliss-reactive ketones (excluding diaryl/α,β-unsaturated/α-hetero) is 1. The molecule has 0 N–H and O–H groups in total. The maximum absolute atomic E-state index is 12.2. The van der Waals surface area contributed by atoms with Crippen LogP contribution in [0.25, 0.3) is 5.69 Å². The van der Waals surface area contributed by atoms with Crippen LogP contribution in [0.1, 0.15) is 41.0 Å². The molecule has 0 spiro atoms. The number of nitrogens with zero attached hydrogens (tertiary/aromatic N) is 3. The van der Waals surface area contributed by atoms with Crippen LogP contribution in [0.5, 0.6) is 0 Å². The number of amides is 1. The van der Waals surface area contributed by atoms with E-state index in [2.05, 4.69) is 11.1 Å². The lowest BCUT2D eigenvalue weighted by Gasteiger charge is -2.26. The Morgan fingerprint density at radius 2 is 1.95 bits per heavy atom. The van der Waals surface area contributed by atoms with Crippen LogP contribution in [0, 0.1) is 0 Å². The number of rotatable bonds is 1. The first-order valence-corrected chi connectivity index (χ1v) is 7.64. The summed E-state index contributed by atoms with van der Waals surface area (Å²) >= 11 is 0. The van der Waals surface area contributed by atoms with E-state index >= 15 is 0 Å². The number of carbonyl (C=O) groups is 2. The molecule has 0 fully saturated rings. The van der Waals surface area contributed by atoms with Crippen LogP contribution >= 0.6 is 0 Å². The fourth-order valence-corrected chi connectivity index (χ4v) is 3.39. The molecule has 2 aliphatic rings. The molecule has 5 heteroatoms. The molecule has 2 aromatic rings. The van der Waals surface area contributed by atoms with Gasteiger partial charge < -0.3 is 4.90 Å². The number of imidazole rings is 1. The van der Waals surface area contributed by atoms with Gasteiger partial charge in [-0.15, -0.1) is 0 Å². The van der Waals surface area contributed by atoms with E-state index in [0.717, 1.165) is 47.6 Å². The van der Waals surface area contributed by atoms with Crippen molar-refractivity contribution in [3.63, 3.8) is 0 Å². The van der Waals surface area contributed by atoms with Crippen LogP contribution < -0.4 is 4.90 Å². The van der Waals surface area contributed by atoms with Crippen molar-refractivity contribution in [2.24, 2.45) is 0 Å². The zero-order chi connectivity index (χ0) is 15.3. The molecule has 0 radical (unpaired) electrons. The zero-order valence-corrected chi connectivity index (χ0v) is 12.5. The highest BCUT2D eigenvalue weighted by Gasteiger charge is 2.25. The summed E-state index contributed by atoms with van der Waals surface area (Å²) in [6.45, 7) is 0. The van der Waals surface area contributed by atoms with Crippen LogP contribution in [0.15, 0.2) is 24.5 Å². The summed E-state index contributed by atoms with van der Waals surface area (Å²) in [7, 11) is 1.81. The van der Waals surface area contributed by atoms with Gasteiger partial charge in [-0.25, -0.2) is 4.98 Å². The van der Waals surface area contributed by atoms with Crippen LogP contribution in [-0.2, 0) is 17.6 Å². The second-order valence-electron chi connectivity index (χ2n) is 5.95. The van der Waals surface area contributed by atoms with E-state index in [4.69, 9.17) is 0 Å². The molecule has 112 valence electrons. The van der Waals surface area contributed by atoms with Crippen molar-refractivity contribution < 1.29 is 9.59 Å². The average molecular weight is 295 g/mol. The Hall–Kier alpha value is -2.43. The minimum absolute atomic E-state index is 0.149. The summed E-state index contributed by atoms with van der Waals surface area (Å²) in [4.78, 5) is 30.1. The van der Waals surface area contributed by atoms with Gasteiger partial charge in [-0.2, -0.15) is 0 Å². The predicted octanol–water partition coefficient (Wildman–Crippen LogP) is 2.30. The molecule has 0 saturated heterocycles. The van der Waals surface area contributed by atoms with Gasteiger partial charge in [0.2, 0.25) is 5.91 Å². The second-order valence-corrected chi connectivity index (χ2v) is 5.95. The molecule has 1 aliphatic carbocycles. The highest BCUT2D eigenvalue weighted by molar-refractivity contribution is 5.98. The molecule has 1 aromatic carbocycles. The zero-order valence-electron chi connectivity index (χ0n) is 12.5. The minimum Gasteiger partial charge on any atom is -0.315 e. The maximum atomic E-state index is 12.2. The monoisotopic (exact) mass is 295 g/mol. The quantitative estimate of drug-likeness (QED) is 0.811. The largest absolute Gasteiger partial charge is 0.315 e. The van der Waals surface area contributed by atoms with Gasteiger partial charge in [0.15, 0.2) is 5.78 Å². The number of hydrogen-bond acceptors (Lipinski definition) is 3. The Balaban J connectivity index is 1.81. The van der Waals surface area contributed by atoms with Crippen molar-refractivity contribution >= 4 is 17.4 Å². The smallest absolute Gasteiger partial charge is 0.227 e. The molecule has 22 heavy (non-hydrogen) atoms. The van der Waals surface area contributed by atoms with Crippen LogP contribution in [0.4, 0.5) is 5.69 Å². The topological polar surface area (TPSA) is 55.2 Å². The van der Waals surface area contributed by atoms with Crippen molar-refractivity contribution in [1.29, 1.82) is 0 Å². The van der Waals surface area contributed by atoms with Crippen molar-refractivity contribution in [3.8, 4) is 5.69 Å². The number of carbonyl (C=O) groups excluding carboxylic acids is 2. The van der Waals surface area contributed by atoms with E-state index in [1.807, 2.05) is 23.7 Å². The predicted molar refractivity (Wildman–Crippen MR) is 82.6 cm³/mol. The molecule has 5 nitrogen and oxygen atoms in total. The molecule has 0 bridgehead atoms. The number of anilines is 1. The van der Waals surface area contributed by atoms with Gasteiger partial charge in [-0.05, 0) is 43.0 Å². The molecular formula is C17H17N3O2. The van der Waals surface area contributed by atoms with E-state index < -0.39 is 0 Å². The summed E-state index contributed by atoms with van der Waals surface area (Å²) < 4.78 is 1.90. The number of aromatic nitrogens is 2. The van der Waals surface area contributed by atoms with Gasteiger partial charge >= 0.3 is 0 Å².